The Morgan fingerprint density at radius 1 is 1.21 bits per heavy atom. The lowest BCUT2D eigenvalue weighted by atomic mass is 9.92. The van der Waals surface area contributed by atoms with E-state index in [4.69, 9.17) is 0 Å². The van der Waals surface area contributed by atoms with Crippen molar-refractivity contribution in [2.24, 2.45) is 5.92 Å². The maximum absolute atomic E-state index is 12.8. The highest BCUT2D eigenvalue weighted by Crippen LogP contribution is 2.23. The fraction of sp³-hybridized carbons (Fsp3) is 0.450. The Hall–Kier alpha value is -1.45. The van der Waals surface area contributed by atoms with E-state index in [1.165, 1.54) is 11.3 Å². The predicted molar refractivity (Wildman–Crippen MR) is 121 cm³/mol. The number of aryl methyl sites for hydroxylation is 2. The van der Waals surface area contributed by atoms with Gasteiger partial charge in [0.05, 0.1) is 10.5 Å². The van der Waals surface area contributed by atoms with Crippen molar-refractivity contribution < 1.29 is 13.2 Å². The predicted octanol–water partition coefficient (Wildman–Crippen LogP) is 3.71. The summed E-state index contributed by atoms with van der Waals surface area (Å²) in [5.74, 6) is 0.152. The van der Waals surface area contributed by atoms with E-state index in [0.29, 0.717) is 22.7 Å². The molecule has 3 rings (SSSR count). The average molecular weight is 458 g/mol. The van der Waals surface area contributed by atoms with Gasteiger partial charge in [0.25, 0.3) is 5.91 Å². The Kier molecular flexibility index (Phi) is 8.25. The fourth-order valence-corrected chi connectivity index (χ4v) is 5.60. The van der Waals surface area contributed by atoms with E-state index in [2.05, 4.69) is 15.4 Å². The molecular weight excluding hydrogens is 430 g/mol. The van der Waals surface area contributed by atoms with Gasteiger partial charge in [-0.2, -0.15) is 0 Å². The molecule has 0 radical (unpaired) electrons. The van der Waals surface area contributed by atoms with E-state index in [1.807, 2.05) is 19.2 Å². The van der Waals surface area contributed by atoms with Crippen LogP contribution in [0.3, 0.4) is 0 Å². The van der Waals surface area contributed by atoms with Gasteiger partial charge < -0.3 is 10.6 Å². The number of rotatable bonds is 6. The second kappa shape index (κ2) is 10.0. The van der Waals surface area contributed by atoms with Gasteiger partial charge in [-0.05, 0) is 87.8 Å². The molecule has 1 saturated heterocycles. The Bertz CT molecular complexity index is 954. The number of anilines is 1. The first-order chi connectivity index (χ1) is 13.3. The zero-order valence-electron chi connectivity index (χ0n) is 16.8. The van der Waals surface area contributed by atoms with E-state index >= 15 is 0 Å². The van der Waals surface area contributed by atoms with Gasteiger partial charge in [-0.25, -0.2) is 13.1 Å². The van der Waals surface area contributed by atoms with Crippen molar-refractivity contribution in [3.8, 4) is 0 Å². The topological polar surface area (TPSA) is 87.3 Å². The average Bonchev–Trinajstić information content (AvgIpc) is 3.09. The molecule has 0 spiro atoms. The smallest absolute Gasteiger partial charge is 0.256 e. The van der Waals surface area contributed by atoms with Crippen molar-refractivity contribution in [3.05, 3.63) is 45.6 Å². The van der Waals surface area contributed by atoms with Crippen LogP contribution >= 0.6 is 23.7 Å². The summed E-state index contributed by atoms with van der Waals surface area (Å²) in [6.07, 6.45) is 1.94. The fourth-order valence-electron chi connectivity index (χ4n) is 3.51. The van der Waals surface area contributed by atoms with Crippen molar-refractivity contribution >= 4 is 45.4 Å². The molecule has 0 unspecified atom stereocenters. The summed E-state index contributed by atoms with van der Waals surface area (Å²) in [6, 6.07) is 6.47. The molecular formula is C20H28ClN3O3S2. The number of benzene rings is 1. The van der Waals surface area contributed by atoms with E-state index in [9.17, 15) is 13.2 Å². The summed E-state index contributed by atoms with van der Waals surface area (Å²) in [5.41, 5.74) is 1.96. The Morgan fingerprint density at radius 3 is 2.48 bits per heavy atom. The first-order valence-corrected chi connectivity index (χ1v) is 11.8. The number of amides is 1. The lowest BCUT2D eigenvalue weighted by Gasteiger charge is -2.28. The van der Waals surface area contributed by atoms with Crippen LogP contribution in [0.5, 0.6) is 0 Å². The summed E-state index contributed by atoms with van der Waals surface area (Å²) in [6.45, 7) is 7.47. The maximum Gasteiger partial charge on any atom is 0.256 e. The lowest BCUT2D eigenvalue weighted by molar-refractivity contribution is 0.102. The number of carbonyl (C=O) groups is 1. The normalized spacial score (nSPS) is 16.1. The van der Waals surface area contributed by atoms with Crippen molar-refractivity contribution in [2.45, 2.75) is 44.6 Å². The molecule has 1 aromatic heterocycles. The van der Waals surface area contributed by atoms with Gasteiger partial charge in [-0.15, -0.1) is 23.7 Å². The van der Waals surface area contributed by atoms with Crippen LogP contribution in [0.15, 0.2) is 34.5 Å². The molecule has 1 aliphatic rings. The van der Waals surface area contributed by atoms with Gasteiger partial charge in [0.15, 0.2) is 0 Å². The Labute approximate surface area is 182 Å². The Balaban J connectivity index is 0.00000300. The highest BCUT2D eigenvalue weighted by atomic mass is 35.5. The van der Waals surface area contributed by atoms with Crippen molar-refractivity contribution in [2.75, 3.05) is 18.4 Å². The van der Waals surface area contributed by atoms with Crippen LogP contribution in [0.4, 0.5) is 5.69 Å². The summed E-state index contributed by atoms with van der Waals surface area (Å²) >= 11 is 1.52. The van der Waals surface area contributed by atoms with Crippen LogP contribution in [0.25, 0.3) is 0 Å². The van der Waals surface area contributed by atoms with Gasteiger partial charge in [-0.1, -0.05) is 0 Å². The molecule has 9 heteroatoms. The summed E-state index contributed by atoms with van der Waals surface area (Å²) in [7, 11) is -3.61. The molecule has 3 N–H and O–H groups in total. The third-order valence-electron chi connectivity index (χ3n) is 5.29. The molecule has 1 atom stereocenters. The number of halogens is 1. The van der Waals surface area contributed by atoms with E-state index < -0.39 is 10.0 Å². The summed E-state index contributed by atoms with van der Waals surface area (Å²) in [5, 5.41) is 8.04. The number of hydrogen-bond acceptors (Lipinski definition) is 5. The molecule has 1 aromatic carbocycles. The molecule has 1 amide bonds. The Morgan fingerprint density at radius 2 is 1.90 bits per heavy atom. The molecule has 2 aromatic rings. The monoisotopic (exact) mass is 457 g/mol. The number of thiophene rings is 1. The van der Waals surface area contributed by atoms with E-state index in [1.54, 1.807) is 31.2 Å². The standard InChI is InChI=1S/C20H27N3O3S2.ClH/c1-13-12-17(28(25,26)23-14(2)16-6-9-21-10-7-16)4-5-19(13)22-20(24)18-8-11-27-15(18)3;/h4-5,8,11-12,14,16,21,23H,6-7,9-10H2,1-3H3,(H,22,24);1H/t14-;/m1./s1. The van der Waals surface area contributed by atoms with Crippen LogP contribution in [0, 0.1) is 19.8 Å². The van der Waals surface area contributed by atoms with Gasteiger partial charge in [-0.3, -0.25) is 4.79 Å². The summed E-state index contributed by atoms with van der Waals surface area (Å²) < 4.78 is 28.4. The SMILES string of the molecule is Cc1cc(S(=O)(=O)N[C@H](C)C2CCNCC2)ccc1NC(=O)c1ccsc1C.Cl. The molecule has 2 heterocycles. The van der Waals surface area contributed by atoms with Crippen molar-refractivity contribution in [3.63, 3.8) is 0 Å². The van der Waals surface area contributed by atoms with Crippen LogP contribution in [-0.2, 0) is 10.0 Å². The highest BCUT2D eigenvalue weighted by Gasteiger charge is 2.25. The van der Waals surface area contributed by atoms with E-state index in [-0.39, 0.29) is 29.3 Å². The van der Waals surface area contributed by atoms with Crippen molar-refractivity contribution in [1.29, 1.82) is 0 Å². The molecule has 0 saturated carbocycles. The quantitative estimate of drug-likeness (QED) is 0.617. The number of carbonyl (C=O) groups excluding carboxylic acids is 1. The van der Waals surface area contributed by atoms with Gasteiger partial charge in [0.2, 0.25) is 10.0 Å². The second-order valence-corrected chi connectivity index (χ2v) is 10.2. The summed E-state index contributed by atoms with van der Waals surface area (Å²) in [4.78, 5) is 13.6. The molecule has 6 nitrogen and oxygen atoms in total. The lowest BCUT2D eigenvalue weighted by Crippen LogP contribution is -2.42. The minimum absolute atomic E-state index is 0. The molecule has 160 valence electrons. The largest absolute Gasteiger partial charge is 0.322 e. The second-order valence-electron chi connectivity index (χ2n) is 7.32. The minimum atomic E-state index is -3.61. The zero-order chi connectivity index (χ0) is 20.3. The number of hydrogen-bond donors (Lipinski definition) is 3. The highest BCUT2D eigenvalue weighted by molar-refractivity contribution is 7.89. The van der Waals surface area contributed by atoms with Gasteiger partial charge in [0.1, 0.15) is 0 Å². The van der Waals surface area contributed by atoms with Crippen LogP contribution in [-0.4, -0.2) is 33.5 Å². The molecule has 0 aliphatic carbocycles. The first kappa shape index (κ1) is 23.8. The van der Waals surface area contributed by atoms with Crippen molar-refractivity contribution in [1.82, 2.24) is 10.0 Å². The first-order valence-electron chi connectivity index (χ1n) is 9.47. The van der Waals surface area contributed by atoms with Gasteiger partial charge >= 0.3 is 0 Å². The molecule has 0 bridgehead atoms. The number of sulfonamides is 1. The van der Waals surface area contributed by atoms with Crippen LogP contribution < -0.4 is 15.4 Å². The van der Waals surface area contributed by atoms with Gasteiger partial charge in [0, 0.05) is 16.6 Å². The maximum atomic E-state index is 12.8. The number of piperidine rings is 1. The number of nitrogens with one attached hydrogen (secondary N) is 3. The third kappa shape index (κ3) is 5.79. The molecule has 1 aliphatic heterocycles. The van der Waals surface area contributed by atoms with Crippen LogP contribution in [0.1, 0.15) is 40.6 Å². The molecule has 1 fully saturated rings. The van der Waals surface area contributed by atoms with Crippen LogP contribution in [0.2, 0.25) is 0 Å². The van der Waals surface area contributed by atoms with E-state index in [0.717, 1.165) is 30.8 Å². The minimum Gasteiger partial charge on any atom is -0.322 e. The third-order valence-corrected chi connectivity index (χ3v) is 7.69. The molecule has 29 heavy (non-hydrogen) atoms. The zero-order valence-corrected chi connectivity index (χ0v) is 19.3.